The van der Waals surface area contributed by atoms with Crippen molar-refractivity contribution in [3.05, 3.63) is 94.5 Å². The van der Waals surface area contributed by atoms with E-state index in [9.17, 15) is 22.0 Å². The zero-order valence-electron chi connectivity index (χ0n) is 21.7. The smallest absolute Gasteiger partial charge is 0.387 e. The molecule has 0 spiro atoms. The molecule has 1 heterocycles. The molecule has 0 saturated carbocycles. The molecule has 40 heavy (non-hydrogen) atoms. The Hall–Kier alpha value is -3.09. The van der Waals surface area contributed by atoms with Crippen LogP contribution in [0.15, 0.2) is 77.7 Å². The summed E-state index contributed by atoms with van der Waals surface area (Å²) >= 11 is 6.08. The predicted octanol–water partition coefficient (Wildman–Crippen LogP) is 4.99. The van der Waals surface area contributed by atoms with Gasteiger partial charge in [0.15, 0.2) is 0 Å². The third kappa shape index (κ3) is 7.76. The summed E-state index contributed by atoms with van der Waals surface area (Å²) in [5, 5.41) is 0.600. The maximum absolute atomic E-state index is 13.2. The van der Waals surface area contributed by atoms with Gasteiger partial charge in [0.25, 0.3) is 0 Å². The van der Waals surface area contributed by atoms with Crippen LogP contribution < -0.4 is 4.74 Å². The van der Waals surface area contributed by atoms with Crippen LogP contribution in [0, 0.1) is 0 Å². The molecule has 3 aromatic rings. The maximum atomic E-state index is 13.2. The highest BCUT2D eigenvalue weighted by molar-refractivity contribution is 7.89. The molecule has 1 saturated heterocycles. The van der Waals surface area contributed by atoms with Crippen molar-refractivity contribution in [3.63, 3.8) is 0 Å². The normalized spacial score (nSPS) is 15.6. The summed E-state index contributed by atoms with van der Waals surface area (Å²) < 4.78 is 68.2. The van der Waals surface area contributed by atoms with E-state index in [1.807, 2.05) is 12.1 Å². The van der Waals surface area contributed by atoms with E-state index in [1.165, 1.54) is 29.6 Å². The fraction of sp³-hybridized carbons (Fsp3) is 0.321. The van der Waals surface area contributed by atoms with Gasteiger partial charge in [-0.05, 0) is 47.5 Å². The minimum absolute atomic E-state index is 0.0975. The van der Waals surface area contributed by atoms with Gasteiger partial charge in [0, 0.05) is 43.8 Å². The first-order chi connectivity index (χ1) is 19.2. The third-order valence-electron chi connectivity index (χ3n) is 6.49. The van der Waals surface area contributed by atoms with Crippen molar-refractivity contribution >= 4 is 27.6 Å². The predicted molar refractivity (Wildman–Crippen MR) is 145 cm³/mol. The molecule has 4 rings (SSSR count). The first-order valence-corrected chi connectivity index (χ1v) is 14.3. The van der Waals surface area contributed by atoms with Gasteiger partial charge in [-0.15, -0.1) is 0 Å². The number of carbonyl (C=O) groups excluding carboxylic acids is 1. The number of rotatable bonds is 11. The first kappa shape index (κ1) is 29.9. The molecular formula is C28H29ClF2N2O6S. The molecule has 3 aromatic carbocycles. The summed E-state index contributed by atoms with van der Waals surface area (Å²) in [7, 11) is -2.56. The summed E-state index contributed by atoms with van der Waals surface area (Å²) in [6.07, 6.45) is -0.330. The van der Waals surface area contributed by atoms with Crippen molar-refractivity contribution in [2.24, 2.45) is 0 Å². The second-order valence-electron chi connectivity index (χ2n) is 9.10. The average molecular weight is 595 g/mol. The number of carbonyl (C=O) groups is 1. The average Bonchev–Trinajstić information content (AvgIpc) is 2.95. The Morgan fingerprint density at radius 3 is 2.27 bits per heavy atom. The quantitative estimate of drug-likeness (QED) is 0.289. The molecule has 12 heteroatoms. The van der Waals surface area contributed by atoms with Gasteiger partial charge in [0.05, 0.1) is 30.3 Å². The minimum Gasteiger partial charge on any atom is -0.465 e. The summed E-state index contributed by atoms with van der Waals surface area (Å²) in [4.78, 5) is 13.7. The van der Waals surface area contributed by atoms with Gasteiger partial charge in [-0.3, -0.25) is 4.90 Å². The molecule has 0 radical (unpaired) electrons. The fourth-order valence-corrected chi connectivity index (χ4v) is 5.91. The molecule has 214 valence electrons. The molecular weight excluding hydrogens is 566 g/mol. The third-order valence-corrected chi connectivity index (χ3v) is 8.64. The number of alkyl halides is 2. The lowest BCUT2D eigenvalue weighted by Gasteiger charge is -2.36. The highest BCUT2D eigenvalue weighted by atomic mass is 35.5. The van der Waals surface area contributed by atoms with E-state index < -0.39 is 22.6 Å². The van der Waals surface area contributed by atoms with Gasteiger partial charge >= 0.3 is 12.6 Å². The number of piperazine rings is 1. The van der Waals surface area contributed by atoms with Crippen LogP contribution in [-0.2, 0) is 26.1 Å². The SMILES string of the molecule is COC(=O)c1ccc(COC(CN2CCN(S(=O)(=O)c3cccc(OC(F)F)c3)CC2)c2ccc(Cl)cc2)cc1. The van der Waals surface area contributed by atoms with Crippen LogP contribution in [-0.4, -0.2) is 70.0 Å². The van der Waals surface area contributed by atoms with Gasteiger partial charge in [-0.25, -0.2) is 13.2 Å². The van der Waals surface area contributed by atoms with Crippen molar-refractivity contribution in [1.29, 1.82) is 0 Å². The van der Waals surface area contributed by atoms with Crippen LogP contribution in [0.5, 0.6) is 5.75 Å². The van der Waals surface area contributed by atoms with E-state index in [-0.39, 0.29) is 29.8 Å². The molecule has 1 unspecified atom stereocenters. The van der Waals surface area contributed by atoms with Crippen LogP contribution in [0.4, 0.5) is 8.78 Å². The van der Waals surface area contributed by atoms with Gasteiger partial charge in [-0.2, -0.15) is 13.1 Å². The standard InChI is InChI=1S/C28H29ClF2N2O6S/c1-37-27(34)22-7-5-20(6-8-22)19-38-26(21-9-11-23(29)12-10-21)18-32-13-15-33(16-14-32)40(35,36)25-4-2-3-24(17-25)39-28(30)31/h2-12,17,26,28H,13-16,18-19H2,1H3. The second kappa shape index (κ2) is 13.5. The highest BCUT2D eigenvalue weighted by Gasteiger charge is 2.30. The van der Waals surface area contributed by atoms with Crippen molar-refractivity contribution < 1.29 is 36.2 Å². The molecule has 8 nitrogen and oxygen atoms in total. The lowest BCUT2D eigenvalue weighted by molar-refractivity contribution is -0.0500. The molecule has 0 bridgehead atoms. The summed E-state index contributed by atoms with van der Waals surface area (Å²) in [6, 6.07) is 19.4. The zero-order valence-corrected chi connectivity index (χ0v) is 23.3. The Bertz CT molecular complexity index is 1380. The fourth-order valence-electron chi connectivity index (χ4n) is 4.33. The van der Waals surface area contributed by atoms with E-state index >= 15 is 0 Å². The Labute approximate surface area is 237 Å². The Morgan fingerprint density at radius 2 is 1.65 bits per heavy atom. The van der Waals surface area contributed by atoms with E-state index in [4.69, 9.17) is 21.1 Å². The summed E-state index contributed by atoms with van der Waals surface area (Å²) in [5.41, 5.74) is 2.24. The van der Waals surface area contributed by atoms with E-state index in [0.29, 0.717) is 36.8 Å². The van der Waals surface area contributed by atoms with Crippen LogP contribution in [0.25, 0.3) is 0 Å². The van der Waals surface area contributed by atoms with E-state index in [1.54, 1.807) is 36.4 Å². The molecule has 1 aliphatic heterocycles. The van der Waals surface area contributed by atoms with Gasteiger partial charge < -0.3 is 14.2 Å². The number of nitrogens with zero attached hydrogens (tertiary/aromatic N) is 2. The topological polar surface area (TPSA) is 85.4 Å². The van der Waals surface area contributed by atoms with Crippen molar-refractivity contribution in [2.75, 3.05) is 39.8 Å². The van der Waals surface area contributed by atoms with Gasteiger partial charge in [-0.1, -0.05) is 41.9 Å². The molecule has 0 aromatic heterocycles. The molecule has 1 fully saturated rings. The Balaban J connectivity index is 1.40. The van der Waals surface area contributed by atoms with Gasteiger partial charge in [0.1, 0.15) is 5.75 Å². The number of ether oxygens (including phenoxy) is 3. The van der Waals surface area contributed by atoms with Crippen molar-refractivity contribution in [3.8, 4) is 5.75 Å². The number of benzene rings is 3. The zero-order chi connectivity index (χ0) is 28.7. The van der Waals surface area contributed by atoms with Crippen molar-refractivity contribution in [1.82, 2.24) is 9.21 Å². The number of sulfonamides is 1. The molecule has 1 aliphatic rings. The number of halogens is 3. The van der Waals surface area contributed by atoms with Gasteiger partial charge in [0.2, 0.25) is 10.0 Å². The van der Waals surface area contributed by atoms with E-state index in [0.717, 1.165) is 17.2 Å². The minimum atomic E-state index is -3.88. The number of hydrogen-bond acceptors (Lipinski definition) is 7. The van der Waals surface area contributed by atoms with Crippen LogP contribution in [0.2, 0.25) is 5.02 Å². The number of methoxy groups -OCH3 is 1. The monoisotopic (exact) mass is 594 g/mol. The lowest BCUT2D eigenvalue weighted by Crippen LogP contribution is -2.49. The highest BCUT2D eigenvalue weighted by Crippen LogP contribution is 2.26. The first-order valence-electron chi connectivity index (χ1n) is 12.5. The molecule has 0 N–H and O–H groups in total. The summed E-state index contributed by atoms with van der Waals surface area (Å²) in [5.74, 6) is -0.625. The maximum Gasteiger partial charge on any atom is 0.387 e. The summed E-state index contributed by atoms with van der Waals surface area (Å²) in [6.45, 7) is -0.888. The van der Waals surface area contributed by atoms with Crippen molar-refractivity contribution in [2.45, 2.75) is 24.2 Å². The Morgan fingerprint density at radius 1 is 0.975 bits per heavy atom. The molecule has 0 amide bonds. The Kier molecular flexibility index (Phi) is 10.1. The largest absolute Gasteiger partial charge is 0.465 e. The lowest BCUT2D eigenvalue weighted by atomic mass is 10.1. The molecule has 1 atom stereocenters. The number of hydrogen-bond donors (Lipinski definition) is 0. The molecule has 0 aliphatic carbocycles. The van der Waals surface area contributed by atoms with Crippen LogP contribution in [0.3, 0.4) is 0 Å². The van der Waals surface area contributed by atoms with Crippen LogP contribution >= 0.6 is 11.6 Å². The second-order valence-corrected chi connectivity index (χ2v) is 11.5. The van der Waals surface area contributed by atoms with E-state index in [2.05, 4.69) is 9.64 Å². The van der Waals surface area contributed by atoms with Crippen LogP contribution in [0.1, 0.15) is 27.6 Å². The number of esters is 1.